The molecule has 0 amide bonds. The lowest BCUT2D eigenvalue weighted by atomic mass is 9.89. The van der Waals surface area contributed by atoms with Crippen molar-refractivity contribution in [2.45, 2.75) is 32.8 Å². The van der Waals surface area contributed by atoms with Crippen molar-refractivity contribution in [1.82, 2.24) is 0 Å². The number of fused-ring (bicyclic) bond motifs is 1. The van der Waals surface area contributed by atoms with Crippen LogP contribution in [0.25, 0.3) is 0 Å². The van der Waals surface area contributed by atoms with Gasteiger partial charge in [-0.1, -0.05) is 26.0 Å². The van der Waals surface area contributed by atoms with Gasteiger partial charge in [0.25, 0.3) is 0 Å². The standard InChI is InChI=1S/C10H16O2S/c1-7-6-13(11)12-9-5-10(2,3)4-8(7)9/h8-9H,1,4-6H2,2-3H3/t8-,9-,13?/m0/s1. The van der Waals surface area contributed by atoms with Crippen LogP contribution in [-0.2, 0) is 15.3 Å². The Bertz CT molecular complexity index is 270. The largest absolute Gasteiger partial charge is 0.286 e. The van der Waals surface area contributed by atoms with Gasteiger partial charge >= 0.3 is 0 Å². The Hall–Kier alpha value is -0.150. The van der Waals surface area contributed by atoms with Gasteiger partial charge < -0.3 is 0 Å². The van der Waals surface area contributed by atoms with E-state index in [2.05, 4.69) is 20.4 Å². The minimum atomic E-state index is -1.11. The molecular weight excluding hydrogens is 184 g/mol. The van der Waals surface area contributed by atoms with Crippen molar-refractivity contribution in [1.29, 1.82) is 0 Å². The van der Waals surface area contributed by atoms with Gasteiger partial charge in [-0.25, -0.2) is 4.21 Å². The minimum absolute atomic E-state index is 0.164. The molecule has 1 unspecified atom stereocenters. The van der Waals surface area contributed by atoms with Crippen LogP contribution in [0.4, 0.5) is 0 Å². The first-order chi connectivity index (χ1) is 5.98. The Morgan fingerprint density at radius 3 is 2.92 bits per heavy atom. The molecule has 0 aromatic rings. The van der Waals surface area contributed by atoms with Crippen molar-refractivity contribution in [3.63, 3.8) is 0 Å². The lowest BCUT2D eigenvalue weighted by Gasteiger charge is -2.26. The highest BCUT2D eigenvalue weighted by Gasteiger charge is 2.44. The van der Waals surface area contributed by atoms with Crippen molar-refractivity contribution in [3.8, 4) is 0 Å². The van der Waals surface area contributed by atoms with Crippen LogP contribution in [0.1, 0.15) is 26.7 Å². The topological polar surface area (TPSA) is 26.3 Å². The predicted molar refractivity (Wildman–Crippen MR) is 53.5 cm³/mol. The zero-order chi connectivity index (χ0) is 9.64. The van der Waals surface area contributed by atoms with Crippen molar-refractivity contribution >= 4 is 11.1 Å². The Balaban J connectivity index is 2.19. The predicted octanol–water partition coefficient (Wildman–Crippen LogP) is 2.04. The second-order valence-corrected chi connectivity index (χ2v) is 6.01. The maximum atomic E-state index is 11.3. The fourth-order valence-corrected chi connectivity index (χ4v) is 3.50. The van der Waals surface area contributed by atoms with Crippen LogP contribution in [0.5, 0.6) is 0 Å². The molecule has 1 heterocycles. The van der Waals surface area contributed by atoms with Crippen molar-refractivity contribution in [2.75, 3.05) is 5.75 Å². The van der Waals surface area contributed by atoms with E-state index in [1.54, 1.807) is 0 Å². The molecule has 2 fully saturated rings. The van der Waals surface area contributed by atoms with E-state index in [1.165, 1.54) is 0 Å². The Morgan fingerprint density at radius 2 is 2.23 bits per heavy atom. The smallest absolute Gasteiger partial charge is 0.159 e. The first-order valence-electron chi connectivity index (χ1n) is 4.71. The minimum Gasteiger partial charge on any atom is -0.286 e. The van der Waals surface area contributed by atoms with Crippen LogP contribution in [0, 0.1) is 11.3 Å². The SMILES string of the molecule is C=C1CS(=O)O[C@H]2CC(C)(C)C[C@@H]12. The van der Waals surface area contributed by atoms with Crippen LogP contribution in [0.3, 0.4) is 0 Å². The van der Waals surface area contributed by atoms with E-state index in [-0.39, 0.29) is 6.10 Å². The summed E-state index contributed by atoms with van der Waals surface area (Å²) in [5.74, 6) is 0.991. The molecule has 2 aliphatic rings. The zero-order valence-electron chi connectivity index (χ0n) is 8.21. The molecule has 1 saturated heterocycles. The quantitative estimate of drug-likeness (QED) is 0.559. The van der Waals surface area contributed by atoms with E-state index in [1.807, 2.05) is 0 Å². The summed E-state index contributed by atoms with van der Waals surface area (Å²) in [6.07, 6.45) is 2.31. The summed E-state index contributed by atoms with van der Waals surface area (Å²) >= 11 is -1.11. The van der Waals surface area contributed by atoms with Crippen molar-refractivity contribution < 1.29 is 8.39 Å². The van der Waals surface area contributed by atoms with E-state index >= 15 is 0 Å². The normalized spacial score (nSPS) is 43.2. The summed E-state index contributed by atoms with van der Waals surface area (Å²) in [5.41, 5.74) is 1.45. The molecule has 0 aromatic carbocycles. The molecular formula is C10H16O2S. The van der Waals surface area contributed by atoms with Crippen molar-refractivity contribution in [3.05, 3.63) is 12.2 Å². The molecule has 1 aliphatic carbocycles. The summed E-state index contributed by atoms with van der Waals surface area (Å²) in [6.45, 7) is 8.48. The number of rotatable bonds is 0. The molecule has 0 N–H and O–H groups in total. The second kappa shape index (κ2) is 2.92. The molecule has 0 spiro atoms. The van der Waals surface area contributed by atoms with Gasteiger partial charge in [0.15, 0.2) is 11.1 Å². The average molecular weight is 200 g/mol. The lowest BCUT2D eigenvalue weighted by Crippen LogP contribution is -2.29. The van der Waals surface area contributed by atoms with Gasteiger partial charge in [-0.3, -0.25) is 4.18 Å². The van der Waals surface area contributed by atoms with Gasteiger partial charge in [0.05, 0.1) is 11.9 Å². The molecule has 3 atom stereocenters. The first kappa shape index (κ1) is 9.41. The van der Waals surface area contributed by atoms with E-state index in [0.29, 0.717) is 17.1 Å². The van der Waals surface area contributed by atoms with E-state index in [9.17, 15) is 4.21 Å². The summed E-state index contributed by atoms with van der Waals surface area (Å²) < 4.78 is 16.7. The van der Waals surface area contributed by atoms with Crippen LogP contribution >= 0.6 is 0 Å². The van der Waals surface area contributed by atoms with Crippen LogP contribution in [0.2, 0.25) is 0 Å². The molecule has 1 aliphatic heterocycles. The van der Waals surface area contributed by atoms with Gasteiger partial charge in [0, 0.05) is 5.92 Å². The average Bonchev–Trinajstić information content (AvgIpc) is 2.23. The molecule has 1 saturated carbocycles. The van der Waals surface area contributed by atoms with Gasteiger partial charge in [-0.05, 0) is 18.3 Å². The molecule has 0 aromatic heterocycles. The molecule has 13 heavy (non-hydrogen) atoms. The summed E-state index contributed by atoms with van der Waals surface area (Å²) in [7, 11) is 0. The molecule has 74 valence electrons. The maximum absolute atomic E-state index is 11.3. The highest BCUT2D eigenvalue weighted by atomic mass is 32.2. The maximum Gasteiger partial charge on any atom is 0.159 e. The van der Waals surface area contributed by atoms with Gasteiger partial charge in [0.1, 0.15) is 0 Å². The summed E-state index contributed by atoms with van der Waals surface area (Å²) in [4.78, 5) is 0. The number of hydrogen-bond donors (Lipinski definition) is 0. The highest BCUT2D eigenvalue weighted by molar-refractivity contribution is 7.80. The fraction of sp³-hybridized carbons (Fsp3) is 0.800. The molecule has 2 rings (SSSR count). The van der Waals surface area contributed by atoms with Crippen LogP contribution in [0.15, 0.2) is 12.2 Å². The zero-order valence-corrected chi connectivity index (χ0v) is 9.02. The Morgan fingerprint density at radius 1 is 1.54 bits per heavy atom. The third-order valence-corrected chi connectivity index (χ3v) is 4.10. The number of hydrogen-bond acceptors (Lipinski definition) is 2. The summed E-state index contributed by atoms with van der Waals surface area (Å²) in [6, 6.07) is 0. The van der Waals surface area contributed by atoms with Gasteiger partial charge in [-0.15, -0.1) is 0 Å². The highest BCUT2D eigenvalue weighted by Crippen LogP contribution is 2.47. The molecule has 0 bridgehead atoms. The van der Waals surface area contributed by atoms with Crippen LogP contribution in [-0.4, -0.2) is 16.1 Å². The van der Waals surface area contributed by atoms with E-state index < -0.39 is 11.1 Å². The Labute approximate surface area is 82.0 Å². The third kappa shape index (κ3) is 1.72. The van der Waals surface area contributed by atoms with Crippen molar-refractivity contribution in [2.24, 2.45) is 11.3 Å². The lowest BCUT2D eigenvalue weighted by molar-refractivity contribution is 0.179. The van der Waals surface area contributed by atoms with E-state index in [0.717, 1.165) is 18.4 Å². The second-order valence-electron chi connectivity index (χ2n) is 4.92. The van der Waals surface area contributed by atoms with Crippen LogP contribution < -0.4 is 0 Å². The van der Waals surface area contributed by atoms with E-state index in [4.69, 9.17) is 4.18 Å². The monoisotopic (exact) mass is 200 g/mol. The van der Waals surface area contributed by atoms with Gasteiger partial charge in [0.2, 0.25) is 0 Å². The Kier molecular flexibility index (Phi) is 2.11. The fourth-order valence-electron chi connectivity index (χ4n) is 2.44. The first-order valence-corrected chi connectivity index (χ1v) is 5.95. The summed E-state index contributed by atoms with van der Waals surface area (Å²) in [5, 5.41) is 0. The molecule has 2 nitrogen and oxygen atoms in total. The molecule has 0 radical (unpaired) electrons. The molecule has 3 heteroatoms. The third-order valence-electron chi connectivity index (χ3n) is 3.03. The van der Waals surface area contributed by atoms with Gasteiger partial charge in [-0.2, -0.15) is 0 Å².